The van der Waals surface area contributed by atoms with E-state index in [0.717, 1.165) is 0 Å². The summed E-state index contributed by atoms with van der Waals surface area (Å²) in [5, 5.41) is 9.49. The summed E-state index contributed by atoms with van der Waals surface area (Å²) in [6, 6.07) is 11.3. The number of fused-ring (bicyclic) bond motifs is 1. The zero-order chi connectivity index (χ0) is 18.0. The molecule has 126 valence electrons. The van der Waals surface area contributed by atoms with E-state index in [1.807, 2.05) is 6.07 Å². The number of nitriles is 1. The van der Waals surface area contributed by atoms with E-state index in [1.165, 1.54) is 28.4 Å². The lowest BCUT2D eigenvalue weighted by atomic mass is 10.1. The Morgan fingerprint density at radius 3 is 2.84 bits per heavy atom. The standard InChI is InChI=1S/C17H10FIN2O3S/c1-23-17(22)15-12-5-6-21(25-19)14(12)8-13(18)16(15)24-11-4-2-3-10(7-11)9-20/h2-8H,1H3. The van der Waals surface area contributed by atoms with Gasteiger partial charge in [-0.15, -0.1) is 0 Å². The molecule has 0 saturated heterocycles. The average molecular weight is 468 g/mol. The Kier molecular flexibility index (Phi) is 5.15. The van der Waals surface area contributed by atoms with E-state index in [0.29, 0.717) is 16.5 Å². The Bertz CT molecular complexity index is 1010. The van der Waals surface area contributed by atoms with Gasteiger partial charge >= 0.3 is 5.97 Å². The van der Waals surface area contributed by atoms with Crippen molar-refractivity contribution in [1.82, 2.24) is 3.97 Å². The predicted molar refractivity (Wildman–Crippen MR) is 101 cm³/mol. The fourth-order valence-corrected chi connectivity index (χ4v) is 3.78. The number of methoxy groups -OCH3 is 1. The summed E-state index contributed by atoms with van der Waals surface area (Å²) in [6.45, 7) is 0. The fraction of sp³-hybridized carbons (Fsp3) is 0.0588. The van der Waals surface area contributed by atoms with Crippen molar-refractivity contribution < 1.29 is 18.7 Å². The van der Waals surface area contributed by atoms with E-state index >= 15 is 0 Å². The van der Waals surface area contributed by atoms with Gasteiger partial charge in [0.1, 0.15) is 11.3 Å². The topological polar surface area (TPSA) is 64.2 Å². The molecule has 0 amide bonds. The van der Waals surface area contributed by atoms with Gasteiger partial charge in [-0.05, 0) is 24.3 Å². The average Bonchev–Trinajstić information content (AvgIpc) is 3.04. The second-order valence-electron chi connectivity index (χ2n) is 4.94. The number of nitrogens with zero attached hydrogens (tertiary/aromatic N) is 2. The number of carbonyl (C=O) groups excluding carboxylic acids is 1. The van der Waals surface area contributed by atoms with Crippen molar-refractivity contribution in [1.29, 1.82) is 5.26 Å². The third-order valence-electron chi connectivity index (χ3n) is 3.51. The van der Waals surface area contributed by atoms with Gasteiger partial charge in [-0.25, -0.2) is 9.18 Å². The van der Waals surface area contributed by atoms with Gasteiger partial charge in [-0.2, -0.15) is 5.26 Å². The van der Waals surface area contributed by atoms with Crippen molar-refractivity contribution >= 4 is 47.2 Å². The number of esters is 1. The second-order valence-corrected chi connectivity index (χ2v) is 6.65. The van der Waals surface area contributed by atoms with Crippen molar-refractivity contribution in [2.75, 3.05) is 7.11 Å². The summed E-state index contributed by atoms with van der Waals surface area (Å²) in [7, 11) is 2.57. The molecule has 25 heavy (non-hydrogen) atoms. The Morgan fingerprint density at radius 1 is 1.36 bits per heavy atom. The van der Waals surface area contributed by atoms with Crippen LogP contribution in [0, 0.1) is 17.1 Å². The second kappa shape index (κ2) is 7.33. The molecule has 0 aliphatic heterocycles. The Labute approximate surface area is 159 Å². The molecule has 0 saturated carbocycles. The molecule has 1 aromatic heterocycles. The number of carbonyl (C=O) groups is 1. The summed E-state index contributed by atoms with van der Waals surface area (Å²) in [6.07, 6.45) is 1.73. The molecule has 2 aromatic carbocycles. The predicted octanol–water partition coefficient (Wildman–Crippen LogP) is 5.08. The molecule has 0 spiro atoms. The molecule has 8 heteroatoms. The minimum Gasteiger partial charge on any atom is -0.465 e. The van der Waals surface area contributed by atoms with E-state index in [-0.39, 0.29) is 17.1 Å². The highest BCUT2D eigenvalue weighted by Crippen LogP contribution is 2.37. The molecule has 0 fully saturated rings. The van der Waals surface area contributed by atoms with Gasteiger partial charge in [0.2, 0.25) is 0 Å². The third-order valence-corrected chi connectivity index (χ3v) is 5.25. The largest absolute Gasteiger partial charge is 0.465 e. The number of rotatable bonds is 4. The molecule has 0 aliphatic carbocycles. The number of hydrogen-bond donors (Lipinski definition) is 0. The van der Waals surface area contributed by atoms with Crippen LogP contribution in [-0.4, -0.2) is 17.1 Å². The van der Waals surface area contributed by atoms with Crippen LogP contribution in [0.1, 0.15) is 15.9 Å². The van der Waals surface area contributed by atoms with Crippen LogP contribution >= 0.6 is 30.3 Å². The maximum atomic E-state index is 14.7. The Hall–Kier alpha value is -2.25. The third kappa shape index (κ3) is 3.29. The van der Waals surface area contributed by atoms with Gasteiger partial charge in [-0.1, -0.05) is 6.07 Å². The fourth-order valence-electron chi connectivity index (χ4n) is 2.42. The van der Waals surface area contributed by atoms with Crippen LogP contribution in [0.25, 0.3) is 10.9 Å². The highest BCUT2D eigenvalue weighted by atomic mass is 127. The number of halogens is 2. The Morgan fingerprint density at radius 2 is 2.16 bits per heavy atom. The van der Waals surface area contributed by atoms with Crippen LogP contribution in [0.5, 0.6) is 11.5 Å². The molecular formula is C17H10FIN2O3S. The van der Waals surface area contributed by atoms with E-state index in [9.17, 15) is 9.18 Å². The number of benzene rings is 2. The summed E-state index contributed by atoms with van der Waals surface area (Å²) in [5.74, 6) is -1.37. The first-order valence-electron chi connectivity index (χ1n) is 6.98. The maximum Gasteiger partial charge on any atom is 0.342 e. The van der Waals surface area contributed by atoms with Gasteiger partial charge in [0.15, 0.2) is 11.6 Å². The minimum absolute atomic E-state index is 0.00376. The molecule has 5 nitrogen and oxygen atoms in total. The monoisotopic (exact) mass is 468 g/mol. The maximum absolute atomic E-state index is 14.7. The zero-order valence-electron chi connectivity index (χ0n) is 12.8. The highest BCUT2D eigenvalue weighted by Gasteiger charge is 2.24. The van der Waals surface area contributed by atoms with E-state index in [1.54, 1.807) is 34.4 Å². The van der Waals surface area contributed by atoms with Crippen molar-refractivity contribution in [3.63, 3.8) is 0 Å². The van der Waals surface area contributed by atoms with Crippen LogP contribution in [-0.2, 0) is 4.74 Å². The van der Waals surface area contributed by atoms with Crippen molar-refractivity contribution in [3.8, 4) is 17.6 Å². The SMILES string of the molecule is COC(=O)c1c(Oc2cccc(C#N)c2)c(F)cc2c1ccn2SI. The first-order chi connectivity index (χ1) is 12.1. The first kappa shape index (κ1) is 17.6. The molecular weight excluding hydrogens is 458 g/mol. The lowest BCUT2D eigenvalue weighted by Gasteiger charge is -2.13. The first-order valence-corrected chi connectivity index (χ1v) is 10.3. The van der Waals surface area contributed by atoms with Gasteiger partial charge in [0, 0.05) is 48.0 Å². The molecule has 0 atom stereocenters. The smallest absolute Gasteiger partial charge is 0.342 e. The van der Waals surface area contributed by atoms with Crippen LogP contribution in [0.2, 0.25) is 0 Å². The molecule has 0 radical (unpaired) electrons. The number of hydrogen-bond acceptors (Lipinski definition) is 5. The molecule has 3 aromatic rings. The summed E-state index contributed by atoms with van der Waals surface area (Å²) in [5.41, 5.74) is 0.908. The quantitative estimate of drug-likeness (QED) is 0.395. The molecule has 0 aliphatic rings. The molecule has 0 N–H and O–H groups in total. The van der Waals surface area contributed by atoms with Crippen molar-refractivity contribution in [2.45, 2.75) is 0 Å². The highest BCUT2D eigenvalue weighted by molar-refractivity contribution is 14.2. The Balaban J connectivity index is 2.21. The van der Waals surface area contributed by atoms with Crippen LogP contribution < -0.4 is 4.74 Å². The summed E-state index contributed by atoms with van der Waals surface area (Å²) < 4.78 is 26.9. The van der Waals surface area contributed by atoms with Gasteiger partial charge in [0.05, 0.1) is 24.3 Å². The van der Waals surface area contributed by atoms with Crippen LogP contribution in [0.3, 0.4) is 0 Å². The molecule has 0 bridgehead atoms. The lowest BCUT2D eigenvalue weighted by Crippen LogP contribution is -2.06. The lowest BCUT2D eigenvalue weighted by molar-refractivity contribution is 0.0599. The van der Waals surface area contributed by atoms with Crippen LogP contribution in [0.15, 0.2) is 42.6 Å². The summed E-state index contributed by atoms with van der Waals surface area (Å²) >= 11 is 2.06. The van der Waals surface area contributed by atoms with E-state index in [4.69, 9.17) is 14.7 Å². The minimum atomic E-state index is -0.702. The molecule has 1 heterocycles. The molecule has 0 unspecified atom stereocenters. The van der Waals surface area contributed by atoms with Gasteiger partial charge in [0.25, 0.3) is 0 Å². The zero-order valence-corrected chi connectivity index (χ0v) is 15.8. The van der Waals surface area contributed by atoms with E-state index < -0.39 is 11.8 Å². The number of aromatic nitrogens is 1. The summed E-state index contributed by atoms with van der Waals surface area (Å²) in [4.78, 5) is 12.3. The van der Waals surface area contributed by atoms with Gasteiger partial charge in [-0.3, -0.25) is 3.97 Å². The van der Waals surface area contributed by atoms with Gasteiger partial charge < -0.3 is 9.47 Å². The van der Waals surface area contributed by atoms with Crippen molar-refractivity contribution in [3.05, 3.63) is 59.5 Å². The molecule has 3 rings (SSSR count). The normalized spacial score (nSPS) is 10.5. The van der Waals surface area contributed by atoms with E-state index in [2.05, 4.69) is 21.2 Å². The van der Waals surface area contributed by atoms with Crippen molar-refractivity contribution in [2.24, 2.45) is 0 Å². The van der Waals surface area contributed by atoms with Crippen LogP contribution in [0.4, 0.5) is 4.39 Å². The number of ether oxygens (including phenoxy) is 2.